The van der Waals surface area contributed by atoms with E-state index in [4.69, 9.17) is 0 Å². The fourth-order valence-electron chi connectivity index (χ4n) is 1.91. The first-order valence-electron chi connectivity index (χ1n) is 6.63. The van der Waals surface area contributed by atoms with Crippen molar-refractivity contribution in [2.24, 2.45) is 0 Å². The Labute approximate surface area is 117 Å². The molecule has 18 heavy (non-hydrogen) atoms. The van der Waals surface area contributed by atoms with Gasteiger partial charge in [-0.15, -0.1) is 0 Å². The van der Waals surface area contributed by atoms with Gasteiger partial charge in [-0.1, -0.05) is 55.0 Å². The summed E-state index contributed by atoms with van der Waals surface area (Å²) in [6.45, 7) is 2.18. The number of benzene rings is 1. The summed E-state index contributed by atoms with van der Waals surface area (Å²) in [5, 5.41) is 0. The Morgan fingerprint density at radius 1 is 1.17 bits per heavy atom. The molecular weight excluding hydrogens is 295 g/mol. The van der Waals surface area contributed by atoms with E-state index in [0.717, 1.165) is 17.3 Å². The average Bonchev–Trinajstić information content (AvgIpc) is 2.36. The van der Waals surface area contributed by atoms with Gasteiger partial charge in [-0.05, 0) is 24.6 Å². The number of unbranched alkanes of at least 4 members (excludes halogenated alkanes) is 5. The van der Waals surface area contributed by atoms with Gasteiger partial charge in [0.25, 0.3) is 0 Å². The topological polar surface area (TPSA) is 17.1 Å². The Morgan fingerprint density at radius 2 is 1.83 bits per heavy atom. The Balaban J connectivity index is 2.34. The number of hydrogen-bond donors (Lipinski definition) is 0. The second-order valence-corrected chi connectivity index (χ2v) is 5.48. The van der Waals surface area contributed by atoms with Gasteiger partial charge >= 0.3 is 0 Å². The molecule has 0 fully saturated rings. The van der Waals surface area contributed by atoms with Crippen molar-refractivity contribution in [3.8, 4) is 0 Å². The lowest BCUT2D eigenvalue weighted by molar-refractivity contribution is 0.0975. The molecule has 0 heterocycles. The molecule has 1 aromatic rings. The highest BCUT2D eigenvalue weighted by atomic mass is 79.9. The van der Waals surface area contributed by atoms with E-state index in [1.54, 1.807) is 12.1 Å². The molecule has 0 N–H and O–H groups in total. The van der Waals surface area contributed by atoms with E-state index in [2.05, 4.69) is 22.9 Å². The van der Waals surface area contributed by atoms with Crippen LogP contribution in [0.15, 0.2) is 22.7 Å². The van der Waals surface area contributed by atoms with Crippen LogP contribution in [-0.4, -0.2) is 5.78 Å². The monoisotopic (exact) mass is 314 g/mol. The summed E-state index contributed by atoms with van der Waals surface area (Å²) in [5.41, 5.74) is 0.206. The third kappa shape index (κ3) is 5.30. The molecule has 0 atom stereocenters. The van der Waals surface area contributed by atoms with Gasteiger partial charge in [-0.2, -0.15) is 0 Å². The van der Waals surface area contributed by atoms with Crippen LogP contribution >= 0.6 is 15.9 Å². The number of halogens is 2. The van der Waals surface area contributed by atoms with Crippen LogP contribution in [0, 0.1) is 5.82 Å². The van der Waals surface area contributed by atoms with Crippen LogP contribution in [0.25, 0.3) is 0 Å². The number of hydrogen-bond acceptors (Lipinski definition) is 1. The van der Waals surface area contributed by atoms with Gasteiger partial charge < -0.3 is 0 Å². The van der Waals surface area contributed by atoms with Crippen LogP contribution < -0.4 is 0 Å². The molecule has 0 aromatic heterocycles. The molecule has 3 heteroatoms. The second kappa shape index (κ2) is 8.41. The molecule has 0 bridgehead atoms. The quantitative estimate of drug-likeness (QED) is 0.456. The van der Waals surface area contributed by atoms with Crippen molar-refractivity contribution >= 4 is 21.7 Å². The van der Waals surface area contributed by atoms with Crippen LogP contribution in [0.3, 0.4) is 0 Å². The van der Waals surface area contributed by atoms with Gasteiger partial charge in [0, 0.05) is 10.9 Å². The average molecular weight is 315 g/mol. The molecule has 0 amide bonds. The molecule has 0 aliphatic carbocycles. The Kier molecular flexibility index (Phi) is 7.18. The van der Waals surface area contributed by atoms with E-state index in [9.17, 15) is 9.18 Å². The van der Waals surface area contributed by atoms with Crippen LogP contribution in [-0.2, 0) is 0 Å². The maximum absolute atomic E-state index is 13.5. The Morgan fingerprint density at radius 3 is 2.56 bits per heavy atom. The van der Waals surface area contributed by atoms with Gasteiger partial charge in [0.1, 0.15) is 5.82 Å². The predicted octanol–water partition coefficient (Wildman–Crippen LogP) is 5.52. The van der Waals surface area contributed by atoms with Crippen molar-refractivity contribution in [3.63, 3.8) is 0 Å². The zero-order valence-corrected chi connectivity index (χ0v) is 12.4. The second-order valence-electron chi connectivity index (χ2n) is 4.57. The third-order valence-electron chi connectivity index (χ3n) is 2.99. The number of ketones is 1. The molecule has 1 aromatic carbocycles. The normalized spacial score (nSPS) is 10.6. The summed E-state index contributed by atoms with van der Waals surface area (Å²) in [5.74, 6) is -0.515. The summed E-state index contributed by atoms with van der Waals surface area (Å²) in [6.07, 6.45) is 7.24. The summed E-state index contributed by atoms with van der Waals surface area (Å²) >= 11 is 3.26. The van der Waals surface area contributed by atoms with Crippen molar-refractivity contribution < 1.29 is 9.18 Å². The number of carbonyl (C=O) groups excluding carboxylic acids is 1. The molecule has 1 rings (SSSR count). The highest BCUT2D eigenvalue weighted by Gasteiger charge is 2.11. The third-order valence-corrected chi connectivity index (χ3v) is 3.48. The zero-order chi connectivity index (χ0) is 13.4. The Hall–Kier alpha value is -0.700. The lowest BCUT2D eigenvalue weighted by Crippen LogP contribution is -2.02. The molecule has 0 aliphatic rings. The maximum atomic E-state index is 13.5. The van der Waals surface area contributed by atoms with Crippen molar-refractivity contribution in [1.29, 1.82) is 0 Å². The van der Waals surface area contributed by atoms with Gasteiger partial charge in [0.15, 0.2) is 5.78 Å². The molecule has 0 saturated heterocycles. The molecule has 0 unspecified atom stereocenters. The van der Waals surface area contributed by atoms with Crippen LogP contribution in [0.5, 0.6) is 0 Å². The summed E-state index contributed by atoms with van der Waals surface area (Å²) in [6, 6.07) is 4.50. The molecule has 0 saturated carbocycles. The van der Waals surface area contributed by atoms with Crippen LogP contribution in [0.2, 0.25) is 0 Å². The van der Waals surface area contributed by atoms with E-state index in [1.807, 2.05) is 0 Å². The predicted molar refractivity (Wildman–Crippen MR) is 76.4 cm³/mol. The fourth-order valence-corrected chi connectivity index (χ4v) is 2.27. The summed E-state index contributed by atoms with van der Waals surface area (Å²) in [4.78, 5) is 11.8. The van der Waals surface area contributed by atoms with Crippen molar-refractivity contribution in [2.75, 3.05) is 0 Å². The lowest BCUT2D eigenvalue weighted by atomic mass is 10.0. The molecule has 0 spiro atoms. The fraction of sp³-hybridized carbons (Fsp3) is 0.533. The number of rotatable bonds is 8. The summed E-state index contributed by atoms with van der Waals surface area (Å²) in [7, 11) is 0. The summed E-state index contributed by atoms with van der Waals surface area (Å²) < 4.78 is 14.2. The molecule has 0 aliphatic heterocycles. The molecule has 100 valence electrons. The molecule has 1 nitrogen and oxygen atoms in total. The lowest BCUT2D eigenvalue weighted by Gasteiger charge is -2.03. The standard InChI is InChI=1S/C15H20BrFO/c1-2-3-4-5-6-7-8-15(18)13-11-12(16)9-10-14(13)17/h9-11H,2-8H2,1H3. The van der Waals surface area contributed by atoms with Gasteiger partial charge in [-0.25, -0.2) is 4.39 Å². The van der Waals surface area contributed by atoms with Crippen LogP contribution in [0.1, 0.15) is 62.2 Å². The first-order chi connectivity index (χ1) is 8.65. The highest BCUT2D eigenvalue weighted by molar-refractivity contribution is 9.10. The van der Waals surface area contributed by atoms with Gasteiger partial charge in [-0.3, -0.25) is 4.79 Å². The Bertz CT molecular complexity index is 390. The number of carbonyl (C=O) groups is 1. The largest absolute Gasteiger partial charge is 0.294 e. The minimum atomic E-state index is -0.422. The smallest absolute Gasteiger partial charge is 0.165 e. The first kappa shape index (κ1) is 15.4. The van der Waals surface area contributed by atoms with Gasteiger partial charge in [0.05, 0.1) is 5.56 Å². The van der Waals surface area contributed by atoms with E-state index < -0.39 is 5.82 Å². The maximum Gasteiger partial charge on any atom is 0.165 e. The van der Waals surface area contributed by atoms with Crippen molar-refractivity contribution in [2.45, 2.75) is 51.9 Å². The van der Waals surface area contributed by atoms with E-state index in [-0.39, 0.29) is 11.3 Å². The van der Waals surface area contributed by atoms with Gasteiger partial charge in [0.2, 0.25) is 0 Å². The zero-order valence-electron chi connectivity index (χ0n) is 10.8. The van der Waals surface area contributed by atoms with E-state index >= 15 is 0 Å². The van der Waals surface area contributed by atoms with E-state index in [0.29, 0.717) is 6.42 Å². The van der Waals surface area contributed by atoms with E-state index in [1.165, 1.54) is 31.7 Å². The van der Waals surface area contributed by atoms with Crippen LogP contribution in [0.4, 0.5) is 4.39 Å². The van der Waals surface area contributed by atoms with Crippen molar-refractivity contribution in [1.82, 2.24) is 0 Å². The minimum absolute atomic E-state index is 0.0932. The molecule has 0 radical (unpaired) electrons. The molecular formula is C15H20BrFO. The first-order valence-corrected chi connectivity index (χ1v) is 7.42. The highest BCUT2D eigenvalue weighted by Crippen LogP contribution is 2.18. The SMILES string of the molecule is CCCCCCCCC(=O)c1cc(Br)ccc1F. The minimum Gasteiger partial charge on any atom is -0.294 e. The number of Topliss-reactive ketones (excluding diaryl/α,β-unsaturated/α-hetero) is 1. The van der Waals surface area contributed by atoms with Crippen molar-refractivity contribution in [3.05, 3.63) is 34.1 Å².